The average Bonchev–Trinajstić information content (AvgIpc) is 3.24. The van der Waals surface area contributed by atoms with Gasteiger partial charge in [0.1, 0.15) is 0 Å². The predicted molar refractivity (Wildman–Crippen MR) is 103 cm³/mol. The molecule has 140 valence electrons. The Hall–Kier alpha value is -1.10. The van der Waals surface area contributed by atoms with E-state index in [9.17, 15) is 9.59 Å². The molecule has 2 aliphatic heterocycles. The zero-order chi connectivity index (χ0) is 18.3. The SMILES string of the molecule is O=C1C[C@@H](C(=O)N2CCCC[C@H]2CN2CCCC2)c2cc(Cl)c(Cl)cc21. The van der Waals surface area contributed by atoms with Crippen LogP contribution in [-0.2, 0) is 4.79 Å². The van der Waals surface area contributed by atoms with Crippen molar-refractivity contribution in [2.45, 2.75) is 50.5 Å². The summed E-state index contributed by atoms with van der Waals surface area (Å²) in [4.78, 5) is 30.3. The number of carbonyl (C=O) groups excluding carboxylic acids is 2. The maximum absolute atomic E-state index is 13.4. The minimum Gasteiger partial charge on any atom is -0.338 e. The van der Waals surface area contributed by atoms with Gasteiger partial charge in [-0.25, -0.2) is 0 Å². The molecule has 2 atom stereocenters. The van der Waals surface area contributed by atoms with E-state index in [0.717, 1.165) is 44.6 Å². The van der Waals surface area contributed by atoms with Crippen LogP contribution in [0, 0.1) is 0 Å². The number of piperidine rings is 1. The molecule has 0 radical (unpaired) electrons. The molecule has 4 nitrogen and oxygen atoms in total. The summed E-state index contributed by atoms with van der Waals surface area (Å²) in [5.41, 5.74) is 1.31. The molecule has 1 aliphatic carbocycles. The molecule has 0 aromatic heterocycles. The van der Waals surface area contributed by atoms with Gasteiger partial charge in [-0.05, 0) is 62.9 Å². The topological polar surface area (TPSA) is 40.6 Å². The van der Waals surface area contributed by atoms with Gasteiger partial charge in [0.2, 0.25) is 5.91 Å². The van der Waals surface area contributed by atoms with Gasteiger partial charge in [0, 0.05) is 31.1 Å². The normalized spacial score (nSPS) is 26.4. The molecule has 26 heavy (non-hydrogen) atoms. The molecule has 0 N–H and O–H groups in total. The van der Waals surface area contributed by atoms with Crippen molar-refractivity contribution in [2.75, 3.05) is 26.2 Å². The lowest BCUT2D eigenvalue weighted by molar-refractivity contribution is -0.136. The maximum atomic E-state index is 13.4. The third kappa shape index (κ3) is 3.39. The summed E-state index contributed by atoms with van der Waals surface area (Å²) in [6.45, 7) is 4.02. The zero-order valence-electron chi connectivity index (χ0n) is 14.8. The van der Waals surface area contributed by atoms with Crippen molar-refractivity contribution < 1.29 is 9.59 Å². The molecular weight excluding hydrogens is 371 g/mol. The fourth-order valence-corrected chi connectivity index (χ4v) is 5.00. The van der Waals surface area contributed by atoms with Crippen molar-refractivity contribution in [1.29, 1.82) is 0 Å². The Morgan fingerprint density at radius 1 is 1.04 bits per heavy atom. The Morgan fingerprint density at radius 2 is 1.73 bits per heavy atom. The van der Waals surface area contributed by atoms with Crippen molar-refractivity contribution in [2.24, 2.45) is 0 Å². The van der Waals surface area contributed by atoms with E-state index in [1.165, 1.54) is 19.3 Å². The molecule has 1 amide bonds. The fraction of sp³-hybridized carbons (Fsp3) is 0.600. The van der Waals surface area contributed by atoms with Gasteiger partial charge in [0.25, 0.3) is 0 Å². The molecule has 2 fully saturated rings. The quantitative estimate of drug-likeness (QED) is 0.773. The van der Waals surface area contributed by atoms with Crippen molar-refractivity contribution in [3.05, 3.63) is 33.3 Å². The summed E-state index contributed by atoms with van der Waals surface area (Å²) in [5, 5.41) is 0.780. The third-order valence-electron chi connectivity index (χ3n) is 6.03. The van der Waals surface area contributed by atoms with E-state index < -0.39 is 5.92 Å². The van der Waals surface area contributed by atoms with E-state index in [0.29, 0.717) is 15.6 Å². The van der Waals surface area contributed by atoms with Gasteiger partial charge in [-0.15, -0.1) is 0 Å². The number of halogens is 2. The highest BCUT2D eigenvalue weighted by Crippen LogP contribution is 2.39. The molecule has 2 saturated heterocycles. The van der Waals surface area contributed by atoms with E-state index in [2.05, 4.69) is 4.90 Å². The lowest BCUT2D eigenvalue weighted by atomic mass is 9.95. The lowest BCUT2D eigenvalue weighted by Gasteiger charge is -2.39. The van der Waals surface area contributed by atoms with Crippen molar-refractivity contribution in [3.8, 4) is 0 Å². The number of benzene rings is 1. The summed E-state index contributed by atoms with van der Waals surface area (Å²) in [7, 11) is 0. The van der Waals surface area contributed by atoms with Crippen LogP contribution < -0.4 is 0 Å². The summed E-state index contributed by atoms with van der Waals surface area (Å²) < 4.78 is 0. The van der Waals surface area contributed by atoms with Crippen LogP contribution in [0.1, 0.15) is 60.4 Å². The first-order valence-corrected chi connectivity index (χ1v) is 10.3. The second-order valence-corrected chi connectivity index (χ2v) is 8.54. The highest BCUT2D eigenvalue weighted by atomic mass is 35.5. The number of fused-ring (bicyclic) bond motifs is 1. The number of nitrogens with zero attached hydrogens (tertiary/aromatic N) is 2. The van der Waals surface area contributed by atoms with Crippen LogP contribution in [-0.4, -0.2) is 53.7 Å². The minimum atomic E-state index is -0.411. The lowest BCUT2D eigenvalue weighted by Crippen LogP contribution is -2.50. The number of rotatable bonds is 3. The molecule has 0 spiro atoms. The zero-order valence-corrected chi connectivity index (χ0v) is 16.4. The smallest absolute Gasteiger partial charge is 0.230 e. The molecule has 0 bridgehead atoms. The van der Waals surface area contributed by atoms with Gasteiger partial charge in [-0.2, -0.15) is 0 Å². The van der Waals surface area contributed by atoms with Gasteiger partial charge < -0.3 is 9.80 Å². The first kappa shape index (κ1) is 18.3. The molecular formula is C20H24Cl2N2O2. The van der Waals surface area contributed by atoms with Crippen LogP contribution in [0.15, 0.2) is 12.1 Å². The second-order valence-electron chi connectivity index (χ2n) is 7.72. The molecule has 2 heterocycles. The van der Waals surface area contributed by atoms with Crippen LogP contribution in [0.25, 0.3) is 0 Å². The summed E-state index contributed by atoms with van der Waals surface area (Å²) in [5.74, 6) is -0.337. The van der Waals surface area contributed by atoms with Gasteiger partial charge in [-0.3, -0.25) is 9.59 Å². The maximum Gasteiger partial charge on any atom is 0.230 e. The summed E-state index contributed by atoms with van der Waals surface area (Å²) in [6.07, 6.45) is 6.00. The number of hydrogen-bond donors (Lipinski definition) is 0. The number of Topliss-reactive ketones (excluding diaryl/α,β-unsaturated/α-hetero) is 1. The van der Waals surface area contributed by atoms with Crippen LogP contribution in [0.3, 0.4) is 0 Å². The second kappa shape index (κ2) is 7.49. The van der Waals surface area contributed by atoms with Crippen LogP contribution in [0.2, 0.25) is 10.0 Å². The van der Waals surface area contributed by atoms with Crippen molar-refractivity contribution in [1.82, 2.24) is 9.80 Å². The minimum absolute atomic E-state index is 0.00924. The van der Waals surface area contributed by atoms with Gasteiger partial charge in [-0.1, -0.05) is 23.2 Å². The van der Waals surface area contributed by atoms with E-state index in [1.807, 2.05) is 4.90 Å². The predicted octanol–water partition coefficient (Wildman–Crippen LogP) is 4.14. The Morgan fingerprint density at radius 3 is 2.50 bits per heavy atom. The molecule has 1 aromatic carbocycles. The van der Waals surface area contributed by atoms with Crippen molar-refractivity contribution in [3.63, 3.8) is 0 Å². The van der Waals surface area contributed by atoms with E-state index in [4.69, 9.17) is 23.2 Å². The Balaban J connectivity index is 1.56. The summed E-state index contributed by atoms with van der Waals surface area (Å²) >= 11 is 12.2. The molecule has 0 unspecified atom stereocenters. The molecule has 1 aromatic rings. The number of hydrogen-bond acceptors (Lipinski definition) is 3. The van der Waals surface area contributed by atoms with E-state index in [1.54, 1.807) is 12.1 Å². The van der Waals surface area contributed by atoms with Crippen molar-refractivity contribution >= 4 is 34.9 Å². The first-order chi connectivity index (χ1) is 12.5. The largest absolute Gasteiger partial charge is 0.338 e. The first-order valence-electron chi connectivity index (χ1n) is 9.59. The number of ketones is 1. The third-order valence-corrected chi connectivity index (χ3v) is 6.76. The average molecular weight is 395 g/mol. The number of amides is 1. The van der Waals surface area contributed by atoms with Gasteiger partial charge in [0.05, 0.1) is 16.0 Å². The highest BCUT2D eigenvalue weighted by molar-refractivity contribution is 6.42. The van der Waals surface area contributed by atoms with E-state index >= 15 is 0 Å². The Kier molecular flexibility index (Phi) is 5.27. The van der Waals surface area contributed by atoms with Crippen LogP contribution in [0.5, 0.6) is 0 Å². The Bertz CT molecular complexity index is 731. The van der Waals surface area contributed by atoms with Gasteiger partial charge in [0.15, 0.2) is 5.78 Å². The molecule has 0 saturated carbocycles. The Labute approximate surface area is 164 Å². The summed E-state index contributed by atoms with van der Waals surface area (Å²) in [6, 6.07) is 3.59. The number of likely N-dealkylation sites (tertiary alicyclic amines) is 2. The standard InChI is InChI=1S/C20H24Cl2N2O2/c21-17-9-14-15(10-18(17)22)19(25)11-16(14)20(26)24-8-2-1-5-13(24)12-23-6-3-4-7-23/h9-10,13,16H,1-8,11-12H2/t13-,16+/m0/s1. The van der Waals surface area contributed by atoms with Crippen LogP contribution >= 0.6 is 23.2 Å². The molecule has 4 rings (SSSR count). The number of carbonyl (C=O) groups is 2. The molecule has 3 aliphatic rings. The fourth-order valence-electron chi connectivity index (χ4n) is 4.66. The van der Waals surface area contributed by atoms with E-state index in [-0.39, 0.29) is 24.2 Å². The molecule has 6 heteroatoms. The van der Waals surface area contributed by atoms with Crippen LogP contribution in [0.4, 0.5) is 0 Å². The highest BCUT2D eigenvalue weighted by Gasteiger charge is 2.40. The van der Waals surface area contributed by atoms with Gasteiger partial charge >= 0.3 is 0 Å². The monoisotopic (exact) mass is 394 g/mol.